The third-order valence-corrected chi connectivity index (χ3v) is 7.00. The van der Waals surface area contributed by atoms with Crippen LogP contribution < -0.4 is 5.73 Å². The molecule has 1 aromatic carbocycles. The van der Waals surface area contributed by atoms with E-state index in [4.69, 9.17) is 5.73 Å². The molecule has 0 aromatic heterocycles. The van der Waals surface area contributed by atoms with Crippen LogP contribution in [0.15, 0.2) is 24.3 Å². The average Bonchev–Trinajstić information content (AvgIpc) is 2.78. The fraction of sp³-hybridized carbons (Fsp3) is 0.800. The van der Waals surface area contributed by atoms with E-state index in [1.54, 1.807) is 0 Å². The number of nitrogens with two attached hydrogens (primary N) is 1. The number of rotatable bonds is 22. The summed E-state index contributed by atoms with van der Waals surface area (Å²) >= 11 is 0. The number of anilines is 1. The van der Waals surface area contributed by atoms with Crippen LogP contribution in [-0.2, 0) is 0 Å². The van der Waals surface area contributed by atoms with Gasteiger partial charge in [-0.15, -0.1) is 0 Å². The van der Waals surface area contributed by atoms with Crippen LogP contribution in [0.5, 0.6) is 0 Å². The largest absolute Gasteiger partial charge is 0.398 e. The van der Waals surface area contributed by atoms with E-state index in [2.05, 4.69) is 38.1 Å². The van der Waals surface area contributed by atoms with Crippen LogP contribution >= 0.6 is 0 Å². The molecule has 0 aliphatic rings. The van der Waals surface area contributed by atoms with Gasteiger partial charge in [0, 0.05) is 5.69 Å². The van der Waals surface area contributed by atoms with Crippen LogP contribution in [-0.4, -0.2) is 0 Å². The van der Waals surface area contributed by atoms with Gasteiger partial charge in [-0.2, -0.15) is 0 Å². The minimum Gasteiger partial charge on any atom is -0.398 e. The van der Waals surface area contributed by atoms with Crippen molar-refractivity contribution in [3.05, 3.63) is 29.8 Å². The lowest BCUT2D eigenvalue weighted by Crippen LogP contribution is -2.03. The van der Waals surface area contributed by atoms with Crippen LogP contribution in [0.3, 0.4) is 0 Å². The van der Waals surface area contributed by atoms with Crippen molar-refractivity contribution in [3.63, 3.8) is 0 Å². The molecule has 0 aliphatic carbocycles. The van der Waals surface area contributed by atoms with Crippen LogP contribution in [0.25, 0.3) is 0 Å². The van der Waals surface area contributed by atoms with Gasteiger partial charge in [-0.1, -0.05) is 154 Å². The molecule has 1 aromatic rings. The van der Waals surface area contributed by atoms with Gasteiger partial charge in [0.25, 0.3) is 0 Å². The van der Waals surface area contributed by atoms with Crippen LogP contribution in [0.2, 0.25) is 0 Å². The Bertz CT molecular complexity index is 495. The number of hydrogen-bond acceptors (Lipinski definition) is 1. The number of unbranched alkanes of at least 4 members (excludes halogenated alkanes) is 17. The molecule has 0 spiro atoms. The Balaban J connectivity index is 1.99. The van der Waals surface area contributed by atoms with Crippen LogP contribution in [0.4, 0.5) is 5.69 Å². The van der Waals surface area contributed by atoms with Crippen LogP contribution in [0, 0.1) is 0 Å². The van der Waals surface area contributed by atoms with Crippen molar-refractivity contribution in [3.8, 4) is 0 Å². The molecule has 0 saturated carbocycles. The van der Waals surface area contributed by atoms with E-state index in [1.807, 2.05) is 0 Å². The van der Waals surface area contributed by atoms with Gasteiger partial charge in [0.1, 0.15) is 0 Å². The van der Waals surface area contributed by atoms with E-state index in [-0.39, 0.29) is 0 Å². The summed E-state index contributed by atoms with van der Waals surface area (Å²) in [7, 11) is 0. The molecule has 1 rings (SSSR count). The second-order valence-corrected chi connectivity index (χ2v) is 9.91. The first-order valence-electron chi connectivity index (χ1n) is 14.1. The lowest BCUT2D eigenvalue weighted by molar-refractivity contribution is 0.490. The Morgan fingerprint density at radius 1 is 0.516 bits per heavy atom. The summed E-state index contributed by atoms with van der Waals surface area (Å²) in [5.41, 5.74) is 8.69. The summed E-state index contributed by atoms with van der Waals surface area (Å²) in [6.45, 7) is 4.59. The summed E-state index contributed by atoms with van der Waals surface area (Å²) in [6, 6.07) is 8.57. The Hall–Kier alpha value is -0.980. The van der Waals surface area contributed by atoms with Crippen molar-refractivity contribution in [1.82, 2.24) is 0 Å². The normalized spacial score (nSPS) is 12.3. The van der Waals surface area contributed by atoms with Gasteiger partial charge in [0.05, 0.1) is 0 Å². The number of nitrogen functional groups attached to an aromatic ring is 1. The molecule has 2 N–H and O–H groups in total. The zero-order valence-electron chi connectivity index (χ0n) is 21.3. The minimum absolute atomic E-state index is 0.666. The zero-order chi connectivity index (χ0) is 22.4. The summed E-state index contributed by atoms with van der Waals surface area (Å²) in [5.74, 6) is 0.666. The Morgan fingerprint density at radius 3 is 1.32 bits per heavy atom. The van der Waals surface area contributed by atoms with Gasteiger partial charge < -0.3 is 5.73 Å². The lowest BCUT2D eigenvalue weighted by Gasteiger charge is -2.19. The molecule has 0 saturated heterocycles. The van der Waals surface area contributed by atoms with E-state index >= 15 is 0 Å². The summed E-state index contributed by atoms with van der Waals surface area (Å²) < 4.78 is 0. The van der Waals surface area contributed by atoms with E-state index in [0.717, 1.165) is 5.69 Å². The highest BCUT2D eigenvalue weighted by Gasteiger charge is 2.13. The maximum atomic E-state index is 6.29. The highest BCUT2D eigenvalue weighted by molar-refractivity contribution is 5.48. The van der Waals surface area contributed by atoms with Crippen molar-refractivity contribution >= 4 is 5.69 Å². The highest BCUT2D eigenvalue weighted by Crippen LogP contribution is 2.32. The van der Waals surface area contributed by atoms with Gasteiger partial charge in [-0.3, -0.25) is 0 Å². The quantitative estimate of drug-likeness (QED) is 0.144. The van der Waals surface area contributed by atoms with E-state index in [0.29, 0.717) is 5.92 Å². The topological polar surface area (TPSA) is 26.0 Å². The fourth-order valence-electron chi connectivity index (χ4n) is 4.92. The third-order valence-electron chi connectivity index (χ3n) is 7.00. The third kappa shape index (κ3) is 15.5. The molecule has 0 amide bonds. The molecule has 0 radical (unpaired) electrons. The summed E-state index contributed by atoms with van der Waals surface area (Å²) in [4.78, 5) is 0. The van der Waals surface area contributed by atoms with E-state index in [1.165, 1.54) is 140 Å². The Morgan fingerprint density at radius 2 is 0.871 bits per heavy atom. The first-order chi connectivity index (χ1) is 15.3. The molecule has 1 heteroatoms. The second kappa shape index (κ2) is 20.9. The maximum absolute atomic E-state index is 6.29. The molecule has 0 bridgehead atoms. The lowest BCUT2D eigenvalue weighted by atomic mass is 9.87. The molecule has 1 atom stereocenters. The molecule has 180 valence electrons. The first-order valence-corrected chi connectivity index (χ1v) is 14.1. The van der Waals surface area contributed by atoms with Crippen LogP contribution in [0.1, 0.15) is 160 Å². The molecule has 1 unspecified atom stereocenters. The highest BCUT2D eigenvalue weighted by atomic mass is 14.6. The predicted molar refractivity (Wildman–Crippen MR) is 142 cm³/mol. The second-order valence-electron chi connectivity index (χ2n) is 9.91. The fourth-order valence-corrected chi connectivity index (χ4v) is 4.92. The number of hydrogen-bond donors (Lipinski definition) is 1. The number of para-hydroxylation sites is 1. The van der Waals surface area contributed by atoms with Crippen molar-refractivity contribution in [2.75, 3.05) is 5.73 Å². The predicted octanol–water partition coefficient (Wildman–Crippen LogP) is 10.6. The molecular weight excluding hydrogens is 374 g/mol. The van der Waals surface area contributed by atoms with E-state index in [9.17, 15) is 0 Å². The standard InChI is InChI=1S/C30H55N/c1-3-5-7-8-9-10-11-12-13-14-15-16-17-18-19-21-25-28(24-20-6-4-2)29-26-22-23-27-30(29)31/h22-23,26-28H,3-21,24-25,31H2,1-2H3. The van der Waals surface area contributed by atoms with Gasteiger partial charge >= 0.3 is 0 Å². The van der Waals surface area contributed by atoms with E-state index < -0.39 is 0 Å². The van der Waals surface area contributed by atoms with Crippen molar-refractivity contribution in [2.45, 2.75) is 155 Å². The molecule has 0 aliphatic heterocycles. The van der Waals surface area contributed by atoms with Crippen molar-refractivity contribution < 1.29 is 0 Å². The summed E-state index contributed by atoms with van der Waals surface area (Å²) in [6.07, 6.45) is 29.7. The molecule has 31 heavy (non-hydrogen) atoms. The Kier molecular flexibility index (Phi) is 18.9. The molecule has 0 heterocycles. The minimum atomic E-state index is 0.666. The summed E-state index contributed by atoms with van der Waals surface area (Å²) in [5, 5.41) is 0. The van der Waals surface area contributed by atoms with Crippen molar-refractivity contribution in [1.29, 1.82) is 0 Å². The maximum Gasteiger partial charge on any atom is 0.0349 e. The first kappa shape index (κ1) is 28.1. The van der Waals surface area contributed by atoms with Gasteiger partial charge in [0.2, 0.25) is 0 Å². The monoisotopic (exact) mass is 429 g/mol. The van der Waals surface area contributed by atoms with Crippen molar-refractivity contribution in [2.24, 2.45) is 0 Å². The SMILES string of the molecule is CCCCCCCCCCCCCCCCCCC(CCCCC)c1ccccc1N. The van der Waals surface area contributed by atoms with Gasteiger partial charge in [0.15, 0.2) is 0 Å². The molecule has 0 fully saturated rings. The number of benzene rings is 1. The Labute approximate surface area is 196 Å². The average molecular weight is 430 g/mol. The smallest absolute Gasteiger partial charge is 0.0349 e. The van der Waals surface area contributed by atoms with Gasteiger partial charge in [-0.25, -0.2) is 0 Å². The van der Waals surface area contributed by atoms with Gasteiger partial charge in [-0.05, 0) is 30.4 Å². The molecule has 1 nitrogen and oxygen atoms in total. The zero-order valence-corrected chi connectivity index (χ0v) is 21.3. The molecular formula is C30H55N.